The Morgan fingerprint density at radius 2 is 1.70 bits per heavy atom. The zero-order chi connectivity index (χ0) is 21.7. The second kappa shape index (κ2) is 8.70. The Bertz CT molecular complexity index is 1200. The van der Waals surface area contributed by atoms with E-state index in [4.69, 9.17) is 0 Å². The van der Waals surface area contributed by atoms with Gasteiger partial charge in [-0.15, -0.1) is 0 Å². The molecule has 0 spiro atoms. The molecule has 0 bridgehead atoms. The average Bonchev–Trinajstić information content (AvgIpc) is 3.09. The van der Waals surface area contributed by atoms with Gasteiger partial charge in [-0.3, -0.25) is 14.6 Å². The maximum Gasteiger partial charge on any atom is 0.271 e. The molecule has 0 atom stereocenters. The molecule has 154 valence electrons. The van der Waals surface area contributed by atoms with Gasteiger partial charge < -0.3 is 4.57 Å². The SMILES string of the molecule is Cc1ccc(S(=O)(=O)NC(=O)c2cc(C=NNC(=O)c3ccncc3)n(C)c2)cc1. The number of hydrogen-bond donors (Lipinski definition) is 2. The van der Waals surface area contributed by atoms with Crippen molar-refractivity contribution in [3.8, 4) is 0 Å². The summed E-state index contributed by atoms with van der Waals surface area (Å²) >= 11 is 0. The van der Waals surface area contributed by atoms with Crippen LogP contribution in [0.4, 0.5) is 0 Å². The molecule has 3 aromatic rings. The molecule has 10 heteroatoms. The molecular formula is C20H19N5O4S. The first-order valence-corrected chi connectivity index (χ1v) is 10.3. The Balaban J connectivity index is 1.68. The van der Waals surface area contributed by atoms with Gasteiger partial charge in [-0.25, -0.2) is 18.6 Å². The molecule has 3 rings (SSSR count). The average molecular weight is 425 g/mol. The first-order valence-electron chi connectivity index (χ1n) is 8.80. The number of rotatable bonds is 6. The van der Waals surface area contributed by atoms with E-state index in [1.807, 2.05) is 11.6 Å². The molecule has 0 saturated heterocycles. The van der Waals surface area contributed by atoms with Crippen LogP contribution in [0, 0.1) is 6.92 Å². The maximum absolute atomic E-state index is 12.4. The number of aromatic nitrogens is 2. The van der Waals surface area contributed by atoms with Crippen molar-refractivity contribution in [2.45, 2.75) is 11.8 Å². The van der Waals surface area contributed by atoms with Crippen LogP contribution in [-0.4, -0.2) is 36.0 Å². The number of benzene rings is 1. The van der Waals surface area contributed by atoms with Gasteiger partial charge in [-0.2, -0.15) is 5.10 Å². The standard InChI is InChI=1S/C20H19N5O4S/c1-14-3-5-18(6-4-14)30(28,29)24-20(27)16-11-17(25(2)13-16)12-22-23-19(26)15-7-9-21-10-8-15/h3-13H,1-2H3,(H,23,26)(H,24,27). The van der Waals surface area contributed by atoms with E-state index < -0.39 is 21.8 Å². The highest BCUT2D eigenvalue weighted by atomic mass is 32.2. The molecule has 0 radical (unpaired) electrons. The van der Waals surface area contributed by atoms with E-state index >= 15 is 0 Å². The summed E-state index contributed by atoms with van der Waals surface area (Å²) < 4.78 is 28.4. The number of amides is 2. The molecule has 2 heterocycles. The molecule has 0 unspecified atom stereocenters. The van der Waals surface area contributed by atoms with E-state index in [9.17, 15) is 18.0 Å². The molecule has 0 saturated carbocycles. The van der Waals surface area contributed by atoms with E-state index in [1.165, 1.54) is 43.0 Å². The van der Waals surface area contributed by atoms with Crippen molar-refractivity contribution in [3.05, 3.63) is 83.4 Å². The summed E-state index contributed by atoms with van der Waals surface area (Å²) in [6.07, 6.45) is 5.80. The van der Waals surface area contributed by atoms with Crippen molar-refractivity contribution in [2.24, 2.45) is 12.1 Å². The largest absolute Gasteiger partial charge is 0.349 e. The minimum atomic E-state index is -3.99. The van der Waals surface area contributed by atoms with Crippen LogP contribution >= 0.6 is 0 Å². The fourth-order valence-corrected chi connectivity index (χ4v) is 3.49. The molecule has 0 fully saturated rings. The second-order valence-electron chi connectivity index (χ2n) is 6.45. The Morgan fingerprint density at radius 1 is 1.03 bits per heavy atom. The van der Waals surface area contributed by atoms with Gasteiger partial charge in [0.15, 0.2) is 0 Å². The van der Waals surface area contributed by atoms with Crippen LogP contribution in [0.2, 0.25) is 0 Å². The lowest BCUT2D eigenvalue weighted by Crippen LogP contribution is -2.30. The van der Waals surface area contributed by atoms with E-state index in [1.54, 1.807) is 35.9 Å². The van der Waals surface area contributed by atoms with Gasteiger partial charge in [0.05, 0.1) is 22.4 Å². The van der Waals surface area contributed by atoms with Gasteiger partial charge in [0, 0.05) is 31.2 Å². The van der Waals surface area contributed by atoms with Gasteiger partial charge in [0.1, 0.15) is 0 Å². The molecule has 0 aliphatic rings. The van der Waals surface area contributed by atoms with Crippen molar-refractivity contribution in [1.82, 2.24) is 19.7 Å². The predicted molar refractivity (Wildman–Crippen MR) is 111 cm³/mol. The fraction of sp³-hybridized carbons (Fsp3) is 0.100. The zero-order valence-corrected chi connectivity index (χ0v) is 17.1. The molecule has 9 nitrogen and oxygen atoms in total. The van der Waals surface area contributed by atoms with Crippen LogP contribution in [0.3, 0.4) is 0 Å². The lowest BCUT2D eigenvalue weighted by molar-refractivity contribution is 0.0952. The number of pyridine rings is 1. The third kappa shape index (κ3) is 4.97. The summed E-state index contributed by atoms with van der Waals surface area (Å²) in [5, 5.41) is 3.87. The van der Waals surface area contributed by atoms with Crippen molar-refractivity contribution in [3.63, 3.8) is 0 Å². The molecule has 0 aliphatic heterocycles. The van der Waals surface area contributed by atoms with E-state index in [0.717, 1.165) is 5.56 Å². The van der Waals surface area contributed by atoms with Crippen LogP contribution in [0.5, 0.6) is 0 Å². The molecule has 2 N–H and O–H groups in total. The third-order valence-electron chi connectivity index (χ3n) is 4.17. The lowest BCUT2D eigenvalue weighted by Gasteiger charge is -2.06. The van der Waals surface area contributed by atoms with Gasteiger partial charge >= 0.3 is 0 Å². The molecular weight excluding hydrogens is 406 g/mol. The number of nitrogens with zero attached hydrogens (tertiary/aromatic N) is 3. The van der Waals surface area contributed by atoms with Crippen LogP contribution in [-0.2, 0) is 17.1 Å². The van der Waals surface area contributed by atoms with Gasteiger partial charge in [-0.05, 0) is 37.3 Å². The van der Waals surface area contributed by atoms with Crippen molar-refractivity contribution >= 4 is 28.1 Å². The minimum absolute atomic E-state index is 0.00186. The Hall–Kier alpha value is -3.79. The van der Waals surface area contributed by atoms with Gasteiger partial charge in [-0.1, -0.05) is 17.7 Å². The van der Waals surface area contributed by atoms with Crippen LogP contribution < -0.4 is 10.1 Å². The van der Waals surface area contributed by atoms with E-state index in [2.05, 4.69) is 15.5 Å². The van der Waals surface area contributed by atoms with Crippen LogP contribution in [0.15, 0.2) is 71.1 Å². The molecule has 2 aromatic heterocycles. The minimum Gasteiger partial charge on any atom is -0.349 e. The van der Waals surface area contributed by atoms with Crippen molar-refractivity contribution in [1.29, 1.82) is 0 Å². The summed E-state index contributed by atoms with van der Waals surface area (Å²) in [5.41, 5.74) is 4.30. The number of sulfonamides is 1. The molecule has 0 aliphatic carbocycles. The Kier molecular flexibility index (Phi) is 6.07. The van der Waals surface area contributed by atoms with Crippen molar-refractivity contribution in [2.75, 3.05) is 0 Å². The smallest absolute Gasteiger partial charge is 0.271 e. The summed E-state index contributed by atoms with van der Waals surface area (Å²) in [4.78, 5) is 28.2. The monoisotopic (exact) mass is 425 g/mol. The van der Waals surface area contributed by atoms with Gasteiger partial charge in [0.25, 0.3) is 21.8 Å². The second-order valence-corrected chi connectivity index (χ2v) is 8.13. The maximum atomic E-state index is 12.4. The van der Waals surface area contributed by atoms with E-state index in [0.29, 0.717) is 11.3 Å². The number of aryl methyl sites for hydroxylation is 2. The van der Waals surface area contributed by atoms with Crippen LogP contribution in [0.25, 0.3) is 0 Å². The van der Waals surface area contributed by atoms with E-state index in [-0.39, 0.29) is 10.5 Å². The highest BCUT2D eigenvalue weighted by molar-refractivity contribution is 7.90. The molecule has 1 aromatic carbocycles. The summed E-state index contributed by atoms with van der Waals surface area (Å²) in [5.74, 6) is -1.18. The molecule has 30 heavy (non-hydrogen) atoms. The number of hydrogen-bond acceptors (Lipinski definition) is 6. The number of carbonyl (C=O) groups excluding carboxylic acids is 2. The highest BCUT2D eigenvalue weighted by Gasteiger charge is 2.20. The summed E-state index contributed by atoms with van der Waals surface area (Å²) in [6, 6.07) is 10.7. The quantitative estimate of drug-likeness (QED) is 0.459. The van der Waals surface area contributed by atoms with Crippen molar-refractivity contribution < 1.29 is 18.0 Å². The number of nitrogens with one attached hydrogen (secondary N) is 2. The topological polar surface area (TPSA) is 123 Å². The lowest BCUT2D eigenvalue weighted by atomic mass is 10.2. The first kappa shape index (κ1) is 20.9. The summed E-state index contributed by atoms with van der Waals surface area (Å²) in [6.45, 7) is 1.83. The fourth-order valence-electron chi connectivity index (χ4n) is 2.52. The number of hydrazone groups is 1. The normalized spacial score (nSPS) is 11.4. The van der Waals surface area contributed by atoms with Crippen LogP contribution in [0.1, 0.15) is 32.0 Å². The predicted octanol–water partition coefficient (Wildman–Crippen LogP) is 1.61. The first-order chi connectivity index (χ1) is 14.3. The highest BCUT2D eigenvalue weighted by Crippen LogP contribution is 2.12. The number of carbonyl (C=O) groups is 2. The third-order valence-corrected chi connectivity index (χ3v) is 5.52. The zero-order valence-electron chi connectivity index (χ0n) is 16.2. The van der Waals surface area contributed by atoms with Gasteiger partial charge in [0.2, 0.25) is 0 Å². The Morgan fingerprint density at radius 3 is 2.37 bits per heavy atom. The summed E-state index contributed by atoms with van der Waals surface area (Å²) in [7, 11) is -2.33. The molecule has 2 amide bonds. The Labute approximate surface area is 173 Å².